The van der Waals surface area contributed by atoms with Crippen molar-refractivity contribution in [1.29, 1.82) is 0 Å². The molecule has 3 aromatic rings. The van der Waals surface area contributed by atoms with Gasteiger partial charge in [0.25, 0.3) is 5.91 Å². The molecule has 7 nitrogen and oxygen atoms in total. The van der Waals surface area contributed by atoms with E-state index in [1.165, 1.54) is 24.3 Å². The molecule has 1 fully saturated rings. The zero-order chi connectivity index (χ0) is 23.6. The van der Waals surface area contributed by atoms with Crippen molar-refractivity contribution in [3.63, 3.8) is 0 Å². The van der Waals surface area contributed by atoms with Crippen LogP contribution < -0.4 is 5.32 Å². The number of aryl methyl sites for hydroxylation is 1. The fourth-order valence-electron chi connectivity index (χ4n) is 4.11. The minimum atomic E-state index is -3.57. The average molecular weight is 471 g/mol. The maximum absolute atomic E-state index is 13.2. The van der Waals surface area contributed by atoms with E-state index in [9.17, 15) is 17.6 Å². The third-order valence-electron chi connectivity index (χ3n) is 5.88. The highest BCUT2D eigenvalue weighted by atomic mass is 32.2. The second kappa shape index (κ2) is 9.44. The SMILES string of the molecule is Cc1nn(Cc2ccc(C(=O)Nc3ccc(F)cc3)cc2)c(C)c1S(=O)(=O)N1CCCCC1. The standard InChI is InChI=1S/C24H27FN4O3S/c1-17-23(33(31,32)28-14-4-3-5-15-28)18(2)29(27-17)16-19-6-8-20(9-7-19)24(30)26-22-12-10-21(25)11-13-22/h6-13H,3-5,14-16H2,1-2H3,(H,26,30). The van der Waals surface area contributed by atoms with E-state index >= 15 is 0 Å². The highest BCUT2D eigenvalue weighted by Gasteiger charge is 2.31. The van der Waals surface area contributed by atoms with Crippen LogP contribution in [0.5, 0.6) is 0 Å². The summed E-state index contributed by atoms with van der Waals surface area (Å²) in [6, 6.07) is 12.6. The first-order valence-electron chi connectivity index (χ1n) is 11.0. The highest BCUT2D eigenvalue weighted by molar-refractivity contribution is 7.89. The first-order chi connectivity index (χ1) is 15.8. The summed E-state index contributed by atoms with van der Waals surface area (Å²) in [5, 5.41) is 7.22. The van der Waals surface area contributed by atoms with Gasteiger partial charge < -0.3 is 5.32 Å². The maximum Gasteiger partial charge on any atom is 0.255 e. The Morgan fingerprint density at radius 2 is 1.64 bits per heavy atom. The van der Waals surface area contributed by atoms with E-state index < -0.39 is 10.0 Å². The number of piperidine rings is 1. The van der Waals surface area contributed by atoms with Crippen molar-refractivity contribution >= 4 is 21.6 Å². The molecule has 0 unspecified atom stereocenters. The van der Waals surface area contributed by atoms with Gasteiger partial charge in [-0.3, -0.25) is 9.48 Å². The molecule has 0 bridgehead atoms. The van der Waals surface area contributed by atoms with Gasteiger partial charge in [0.15, 0.2) is 0 Å². The number of benzene rings is 2. The Morgan fingerprint density at radius 1 is 1.00 bits per heavy atom. The molecule has 0 aliphatic carbocycles. The van der Waals surface area contributed by atoms with Crippen LogP contribution >= 0.6 is 0 Å². The van der Waals surface area contributed by atoms with Crippen LogP contribution in [-0.4, -0.2) is 41.5 Å². The van der Waals surface area contributed by atoms with Crippen molar-refractivity contribution in [1.82, 2.24) is 14.1 Å². The number of carbonyl (C=O) groups excluding carboxylic acids is 1. The third kappa shape index (κ3) is 4.99. The molecule has 0 radical (unpaired) electrons. The molecule has 33 heavy (non-hydrogen) atoms. The van der Waals surface area contributed by atoms with Crippen LogP contribution in [0.1, 0.15) is 46.6 Å². The minimum Gasteiger partial charge on any atom is -0.322 e. The predicted molar refractivity (Wildman–Crippen MR) is 124 cm³/mol. The van der Waals surface area contributed by atoms with E-state index in [4.69, 9.17) is 0 Å². The molecule has 0 saturated carbocycles. The largest absolute Gasteiger partial charge is 0.322 e. The van der Waals surface area contributed by atoms with Gasteiger partial charge in [-0.15, -0.1) is 0 Å². The van der Waals surface area contributed by atoms with Crippen molar-refractivity contribution < 1.29 is 17.6 Å². The summed E-state index contributed by atoms with van der Waals surface area (Å²) in [4.78, 5) is 12.7. The topological polar surface area (TPSA) is 84.3 Å². The predicted octanol–water partition coefficient (Wildman–Crippen LogP) is 4.11. The number of hydrogen-bond acceptors (Lipinski definition) is 4. The number of nitrogens with one attached hydrogen (secondary N) is 1. The number of anilines is 1. The van der Waals surface area contributed by atoms with Crippen molar-refractivity contribution in [2.45, 2.75) is 44.6 Å². The summed E-state index contributed by atoms with van der Waals surface area (Å²) in [6.07, 6.45) is 2.82. The summed E-state index contributed by atoms with van der Waals surface area (Å²) in [6.45, 7) is 4.99. The number of aromatic nitrogens is 2. The molecule has 0 spiro atoms. The first kappa shape index (κ1) is 23.1. The Labute approximate surface area is 193 Å². The lowest BCUT2D eigenvalue weighted by molar-refractivity contribution is 0.102. The summed E-state index contributed by atoms with van der Waals surface area (Å²) in [5.74, 6) is -0.664. The Bertz CT molecular complexity index is 1250. The summed E-state index contributed by atoms with van der Waals surface area (Å²) in [7, 11) is -3.57. The molecule has 2 aromatic carbocycles. The lowest BCUT2D eigenvalue weighted by Crippen LogP contribution is -2.36. The lowest BCUT2D eigenvalue weighted by Gasteiger charge is -2.26. The van der Waals surface area contributed by atoms with Crippen molar-refractivity contribution in [2.75, 3.05) is 18.4 Å². The molecular formula is C24H27FN4O3S. The quantitative estimate of drug-likeness (QED) is 0.588. The van der Waals surface area contributed by atoms with Crippen LogP contribution in [0.25, 0.3) is 0 Å². The molecule has 1 aliphatic rings. The summed E-state index contributed by atoms with van der Waals surface area (Å²) < 4.78 is 42.7. The number of nitrogens with zero attached hydrogens (tertiary/aromatic N) is 3. The molecular weight excluding hydrogens is 443 g/mol. The van der Waals surface area contributed by atoms with E-state index in [1.807, 2.05) is 12.1 Å². The van der Waals surface area contributed by atoms with Crippen LogP contribution in [-0.2, 0) is 16.6 Å². The van der Waals surface area contributed by atoms with Crippen molar-refractivity contribution in [3.8, 4) is 0 Å². The number of halogens is 1. The van der Waals surface area contributed by atoms with Gasteiger partial charge in [-0.25, -0.2) is 12.8 Å². The van der Waals surface area contributed by atoms with E-state index in [0.29, 0.717) is 47.2 Å². The molecule has 4 rings (SSSR count). The molecule has 9 heteroatoms. The molecule has 1 saturated heterocycles. The van der Waals surface area contributed by atoms with Gasteiger partial charge in [-0.2, -0.15) is 9.40 Å². The normalized spacial score (nSPS) is 14.9. The van der Waals surface area contributed by atoms with Crippen molar-refractivity contribution in [2.24, 2.45) is 0 Å². The van der Waals surface area contributed by atoms with E-state index in [-0.39, 0.29) is 11.7 Å². The number of amides is 1. The molecule has 2 heterocycles. The number of sulfonamides is 1. The van der Waals surface area contributed by atoms with Gasteiger partial charge in [0, 0.05) is 24.3 Å². The number of hydrogen-bond donors (Lipinski definition) is 1. The Morgan fingerprint density at radius 3 is 2.27 bits per heavy atom. The molecule has 174 valence electrons. The molecule has 1 amide bonds. The molecule has 1 aliphatic heterocycles. The van der Waals surface area contributed by atoms with Crippen LogP contribution in [0.15, 0.2) is 53.4 Å². The van der Waals surface area contributed by atoms with Crippen LogP contribution in [0.3, 0.4) is 0 Å². The van der Waals surface area contributed by atoms with E-state index in [2.05, 4.69) is 10.4 Å². The van der Waals surface area contributed by atoms with Gasteiger partial charge in [0.1, 0.15) is 10.7 Å². The molecule has 1 aromatic heterocycles. The summed E-state index contributed by atoms with van der Waals surface area (Å²) >= 11 is 0. The van der Waals surface area contributed by atoms with E-state index in [1.54, 1.807) is 35.0 Å². The Balaban J connectivity index is 1.49. The van der Waals surface area contributed by atoms with Gasteiger partial charge >= 0.3 is 0 Å². The lowest BCUT2D eigenvalue weighted by atomic mass is 10.1. The van der Waals surface area contributed by atoms with Gasteiger partial charge in [-0.1, -0.05) is 18.6 Å². The monoisotopic (exact) mass is 470 g/mol. The van der Waals surface area contributed by atoms with Crippen LogP contribution in [0, 0.1) is 19.7 Å². The highest BCUT2D eigenvalue weighted by Crippen LogP contribution is 2.26. The van der Waals surface area contributed by atoms with E-state index in [0.717, 1.165) is 24.8 Å². The van der Waals surface area contributed by atoms with Gasteiger partial charge in [0.05, 0.1) is 17.9 Å². The zero-order valence-electron chi connectivity index (χ0n) is 18.7. The zero-order valence-corrected chi connectivity index (χ0v) is 19.5. The minimum absolute atomic E-state index is 0.291. The second-order valence-electron chi connectivity index (χ2n) is 8.28. The van der Waals surface area contributed by atoms with Gasteiger partial charge in [0.2, 0.25) is 10.0 Å². The third-order valence-corrected chi connectivity index (χ3v) is 8.03. The van der Waals surface area contributed by atoms with Crippen LogP contribution in [0.2, 0.25) is 0 Å². The fourth-order valence-corrected chi connectivity index (χ4v) is 6.00. The Hall–Kier alpha value is -3.04. The smallest absolute Gasteiger partial charge is 0.255 e. The second-order valence-corrected chi connectivity index (χ2v) is 10.2. The van der Waals surface area contributed by atoms with Crippen molar-refractivity contribution in [3.05, 3.63) is 76.9 Å². The van der Waals surface area contributed by atoms with Crippen LogP contribution in [0.4, 0.5) is 10.1 Å². The maximum atomic E-state index is 13.2. The number of carbonyl (C=O) groups is 1. The number of rotatable bonds is 6. The average Bonchev–Trinajstić information content (AvgIpc) is 3.09. The molecule has 0 atom stereocenters. The fraction of sp³-hybridized carbons (Fsp3) is 0.333. The Kier molecular flexibility index (Phi) is 6.62. The van der Waals surface area contributed by atoms with Gasteiger partial charge in [-0.05, 0) is 68.7 Å². The first-order valence-corrected chi connectivity index (χ1v) is 12.4. The molecule has 1 N–H and O–H groups in total. The summed E-state index contributed by atoms with van der Waals surface area (Å²) in [5.41, 5.74) is 2.96.